The van der Waals surface area contributed by atoms with Crippen LogP contribution in [-0.4, -0.2) is 29.2 Å². The third kappa shape index (κ3) is 1.58. The SMILES string of the molecule is Cc1nc(O)nc(N(C)C)c1Cl. The maximum Gasteiger partial charge on any atom is 0.316 e. The van der Waals surface area contributed by atoms with Crippen molar-refractivity contribution in [3.8, 4) is 6.01 Å². The first kappa shape index (κ1) is 9.06. The van der Waals surface area contributed by atoms with Crippen molar-refractivity contribution in [1.29, 1.82) is 0 Å². The molecule has 0 aliphatic heterocycles. The van der Waals surface area contributed by atoms with E-state index in [1.54, 1.807) is 25.9 Å². The van der Waals surface area contributed by atoms with Gasteiger partial charge in [-0.05, 0) is 6.92 Å². The van der Waals surface area contributed by atoms with Crippen LogP contribution in [0.4, 0.5) is 5.82 Å². The molecule has 1 heterocycles. The van der Waals surface area contributed by atoms with E-state index in [-0.39, 0.29) is 6.01 Å². The zero-order valence-electron chi connectivity index (χ0n) is 7.17. The minimum Gasteiger partial charge on any atom is -0.479 e. The predicted molar refractivity (Wildman–Crippen MR) is 47.8 cm³/mol. The Hall–Kier alpha value is -1.03. The standard InChI is InChI=1S/C7H10ClN3O/c1-4-5(8)6(11(2)3)10-7(12)9-4/h1-3H3,(H,9,10,12). The van der Waals surface area contributed by atoms with Crippen LogP contribution < -0.4 is 4.90 Å². The van der Waals surface area contributed by atoms with E-state index in [1.165, 1.54) is 0 Å². The van der Waals surface area contributed by atoms with E-state index in [2.05, 4.69) is 9.97 Å². The molecule has 0 aliphatic carbocycles. The van der Waals surface area contributed by atoms with Crippen molar-refractivity contribution in [3.05, 3.63) is 10.7 Å². The average Bonchev–Trinajstić information content (AvgIpc) is 1.96. The van der Waals surface area contributed by atoms with E-state index in [4.69, 9.17) is 16.7 Å². The van der Waals surface area contributed by atoms with Crippen LogP contribution >= 0.6 is 11.6 Å². The third-order valence-electron chi connectivity index (χ3n) is 1.41. The van der Waals surface area contributed by atoms with Crippen molar-refractivity contribution in [2.45, 2.75) is 6.92 Å². The molecule has 0 atom stereocenters. The fraction of sp³-hybridized carbons (Fsp3) is 0.429. The smallest absolute Gasteiger partial charge is 0.316 e. The summed E-state index contributed by atoms with van der Waals surface area (Å²) in [6.07, 6.45) is 0. The maximum atomic E-state index is 9.06. The Balaban J connectivity index is 3.28. The number of aromatic hydroxyl groups is 1. The normalized spacial score (nSPS) is 10.0. The first-order valence-corrected chi connectivity index (χ1v) is 3.80. The van der Waals surface area contributed by atoms with Gasteiger partial charge in [0.05, 0.1) is 5.69 Å². The summed E-state index contributed by atoms with van der Waals surface area (Å²) >= 11 is 5.88. The molecule has 0 bridgehead atoms. The van der Waals surface area contributed by atoms with Crippen LogP contribution in [0.3, 0.4) is 0 Å². The molecule has 4 nitrogen and oxygen atoms in total. The molecule has 0 spiro atoms. The van der Waals surface area contributed by atoms with Gasteiger partial charge in [-0.3, -0.25) is 0 Å². The molecule has 0 aliphatic rings. The first-order valence-electron chi connectivity index (χ1n) is 3.43. The molecular weight excluding hydrogens is 178 g/mol. The second-order valence-corrected chi connectivity index (χ2v) is 3.02. The predicted octanol–water partition coefficient (Wildman–Crippen LogP) is 1.21. The Morgan fingerprint density at radius 3 is 2.42 bits per heavy atom. The third-order valence-corrected chi connectivity index (χ3v) is 1.85. The minimum absolute atomic E-state index is 0.249. The van der Waals surface area contributed by atoms with E-state index < -0.39 is 0 Å². The molecule has 1 aromatic rings. The minimum atomic E-state index is -0.249. The van der Waals surface area contributed by atoms with Crippen molar-refractivity contribution in [2.24, 2.45) is 0 Å². The topological polar surface area (TPSA) is 49.3 Å². The summed E-state index contributed by atoms with van der Waals surface area (Å²) in [5, 5.41) is 9.53. The van der Waals surface area contributed by atoms with Crippen LogP contribution in [0.2, 0.25) is 5.02 Å². The van der Waals surface area contributed by atoms with E-state index in [1.807, 2.05) is 0 Å². The lowest BCUT2D eigenvalue weighted by molar-refractivity contribution is 0.429. The molecule has 1 N–H and O–H groups in total. The Morgan fingerprint density at radius 2 is 1.92 bits per heavy atom. The van der Waals surface area contributed by atoms with Crippen LogP contribution in [-0.2, 0) is 0 Å². The van der Waals surface area contributed by atoms with Crippen molar-refractivity contribution in [2.75, 3.05) is 19.0 Å². The van der Waals surface area contributed by atoms with E-state index in [0.717, 1.165) is 0 Å². The Morgan fingerprint density at radius 1 is 1.33 bits per heavy atom. The molecule has 0 saturated heterocycles. The number of halogens is 1. The Labute approximate surface area is 75.8 Å². The maximum absolute atomic E-state index is 9.06. The highest BCUT2D eigenvalue weighted by Crippen LogP contribution is 2.25. The van der Waals surface area contributed by atoms with Gasteiger partial charge in [-0.1, -0.05) is 11.6 Å². The summed E-state index contributed by atoms with van der Waals surface area (Å²) in [5.74, 6) is 0.529. The molecule has 0 aromatic carbocycles. The molecule has 0 unspecified atom stereocenters. The van der Waals surface area contributed by atoms with Crippen LogP contribution in [0.1, 0.15) is 5.69 Å². The van der Waals surface area contributed by atoms with Gasteiger partial charge in [-0.2, -0.15) is 9.97 Å². The van der Waals surface area contributed by atoms with E-state index in [0.29, 0.717) is 16.5 Å². The Kier molecular flexibility index (Phi) is 2.38. The lowest BCUT2D eigenvalue weighted by Crippen LogP contribution is -2.12. The second-order valence-electron chi connectivity index (χ2n) is 2.64. The highest BCUT2D eigenvalue weighted by Gasteiger charge is 2.09. The van der Waals surface area contributed by atoms with Crippen LogP contribution in [0.5, 0.6) is 6.01 Å². The Bertz CT molecular complexity index is 301. The van der Waals surface area contributed by atoms with Gasteiger partial charge in [0.1, 0.15) is 5.02 Å². The van der Waals surface area contributed by atoms with Gasteiger partial charge in [0.25, 0.3) is 0 Å². The van der Waals surface area contributed by atoms with Gasteiger partial charge in [-0.25, -0.2) is 0 Å². The van der Waals surface area contributed by atoms with Crippen molar-refractivity contribution >= 4 is 17.4 Å². The number of anilines is 1. The van der Waals surface area contributed by atoms with Gasteiger partial charge in [-0.15, -0.1) is 0 Å². The van der Waals surface area contributed by atoms with Gasteiger partial charge < -0.3 is 10.0 Å². The van der Waals surface area contributed by atoms with E-state index in [9.17, 15) is 0 Å². The van der Waals surface area contributed by atoms with Crippen LogP contribution in [0.15, 0.2) is 0 Å². The number of hydrogen-bond acceptors (Lipinski definition) is 4. The lowest BCUT2D eigenvalue weighted by Gasteiger charge is -2.13. The summed E-state index contributed by atoms with van der Waals surface area (Å²) in [4.78, 5) is 9.19. The van der Waals surface area contributed by atoms with Gasteiger partial charge in [0, 0.05) is 14.1 Å². The summed E-state index contributed by atoms with van der Waals surface area (Å²) in [7, 11) is 3.60. The summed E-state index contributed by atoms with van der Waals surface area (Å²) < 4.78 is 0. The van der Waals surface area contributed by atoms with Crippen molar-refractivity contribution < 1.29 is 5.11 Å². The molecule has 0 radical (unpaired) electrons. The van der Waals surface area contributed by atoms with Crippen LogP contribution in [0.25, 0.3) is 0 Å². The largest absolute Gasteiger partial charge is 0.479 e. The monoisotopic (exact) mass is 187 g/mol. The molecule has 0 fully saturated rings. The highest BCUT2D eigenvalue weighted by atomic mass is 35.5. The molecule has 0 saturated carbocycles. The van der Waals surface area contributed by atoms with Crippen molar-refractivity contribution in [3.63, 3.8) is 0 Å². The molecule has 0 amide bonds. The highest BCUT2D eigenvalue weighted by molar-refractivity contribution is 6.33. The summed E-state index contributed by atoms with van der Waals surface area (Å²) in [6.45, 7) is 1.72. The molecule has 1 aromatic heterocycles. The quantitative estimate of drug-likeness (QED) is 0.718. The fourth-order valence-electron chi connectivity index (χ4n) is 0.826. The van der Waals surface area contributed by atoms with Gasteiger partial charge in [0.15, 0.2) is 5.82 Å². The molecule has 1 rings (SSSR count). The van der Waals surface area contributed by atoms with Gasteiger partial charge in [0.2, 0.25) is 0 Å². The second kappa shape index (κ2) is 3.15. The zero-order chi connectivity index (χ0) is 9.30. The number of rotatable bonds is 1. The summed E-state index contributed by atoms with van der Waals surface area (Å²) in [6, 6.07) is -0.249. The summed E-state index contributed by atoms with van der Waals surface area (Å²) in [5.41, 5.74) is 0.577. The number of nitrogens with zero attached hydrogens (tertiary/aromatic N) is 3. The lowest BCUT2D eigenvalue weighted by atomic mass is 10.4. The molecule has 66 valence electrons. The number of aromatic nitrogens is 2. The van der Waals surface area contributed by atoms with E-state index >= 15 is 0 Å². The first-order chi connectivity index (χ1) is 5.52. The number of aryl methyl sites for hydroxylation is 1. The molecular formula is C7H10ClN3O. The van der Waals surface area contributed by atoms with Crippen LogP contribution in [0, 0.1) is 6.92 Å². The van der Waals surface area contributed by atoms with Gasteiger partial charge >= 0.3 is 6.01 Å². The molecule has 5 heteroatoms. The fourth-order valence-corrected chi connectivity index (χ4v) is 1.08. The van der Waals surface area contributed by atoms with Crippen molar-refractivity contribution in [1.82, 2.24) is 9.97 Å². The zero-order valence-corrected chi connectivity index (χ0v) is 7.92. The molecule has 12 heavy (non-hydrogen) atoms. The average molecular weight is 188 g/mol. The number of hydrogen-bond donors (Lipinski definition) is 1.